The van der Waals surface area contributed by atoms with Gasteiger partial charge < -0.3 is 5.73 Å². The molecule has 1 aliphatic rings. The standard InChI is InChI=1S/C12H12F2N2O2/c1-12(2,15)5-16-10(17)6-3-8(13)9(14)4-7(6)11(16)18/h3-4H,5,15H2,1-2H3. The van der Waals surface area contributed by atoms with Gasteiger partial charge in [-0.2, -0.15) is 0 Å². The third-order valence-corrected chi connectivity index (χ3v) is 2.58. The minimum absolute atomic E-state index is 0.0113. The molecular formula is C12H12F2N2O2. The Morgan fingerprint density at radius 3 is 1.83 bits per heavy atom. The molecule has 1 heterocycles. The van der Waals surface area contributed by atoms with Crippen molar-refractivity contribution in [3.05, 3.63) is 34.9 Å². The van der Waals surface area contributed by atoms with Gasteiger partial charge in [-0.1, -0.05) is 0 Å². The number of carbonyl (C=O) groups is 2. The Morgan fingerprint density at radius 2 is 1.50 bits per heavy atom. The van der Waals surface area contributed by atoms with E-state index >= 15 is 0 Å². The topological polar surface area (TPSA) is 63.4 Å². The smallest absolute Gasteiger partial charge is 0.261 e. The first-order valence-corrected chi connectivity index (χ1v) is 5.35. The molecule has 0 atom stereocenters. The van der Waals surface area contributed by atoms with Crippen molar-refractivity contribution in [2.75, 3.05) is 6.54 Å². The first-order chi connectivity index (χ1) is 8.20. The third-order valence-electron chi connectivity index (χ3n) is 2.58. The summed E-state index contributed by atoms with van der Waals surface area (Å²) in [5.74, 6) is -3.59. The lowest BCUT2D eigenvalue weighted by molar-refractivity contribution is 0.0625. The summed E-state index contributed by atoms with van der Waals surface area (Å²) in [7, 11) is 0. The molecule has 1 aromatic carbocycles. The van der Waals surface area contributed by atoms with Crippen LogP contribution in [0.5, 0.6) is 0 Å². The van der Waals surface area contributed by atoms with Gasteiger partial charge in [0.05, 0.1) is 11.1 Å². The summed E-state index contributed by atoms with van der Waals surface area (Å²) >= 11 is 0. The highest BCUT2D eigenvalue weighted by Crippen LogP contribution is 2.26. The predicted octanol–water partition coefficient (Wildman–Crippen LogP) is 1.30. The minimum atomic E-state index is -1.15. The van der Waals surface area contributed by atoms with Gasteiger partial charge in [-0.15, -0.1) is 0 Å². The Kier molecular flexibility index (Phi) is 2.70. The number of carbonyl (C=O) groups excluding carboxylic acids is 2. The second kappa shape index (κ2) is 3.84. The highest BCUT2D eigenvalue weighted by atomic mass is 19.2. The van der Waals surface area contributed by atoms with Gasteiger partial charge in [-0.3, -0.25) is 14.5 Å². The molecule has 1 aromatic rings. The number of imide groups is 1. The molecule has 2 amide bonds. The fourth-order valence-electron chi connectivity index (χ4n) is 1.83. The quantitative estimate of drug-likeness (QED) is 0.809. The molecule has 2 N–H and O–H groups in total. The lowest BCUT2D eigenvalue weighted by atomic mass is 10.1. The molecule has 96 valence electrons. The molecule has 0 fully saturated rings. The van der Waals surface area contributed by atoms with Gasteiger partial charge in [-0.05, 0) is 26.0 Å². The molecular weight excluding hydrogens is 242 g/mol. The van der Waals surface area contributed by atoms with Crippen LogP contribution in [0, 0.1) is 11.6 Å². The number of rotatable bonds is 2. The van der Waals surface area contributed by atoms with E-state index in [1.54, 1.807) is 13.8 Å². The van der Waals surface area contributed by atoms with Crippen LogP contribution < -0.4 is 5.73 Å². The Bertz CT molecular complexity index is 509. The van der Waals surface area contributed by atoms with Gasteiger partial charge >= 0.3 is 0 Å². The van der Waals surface area contributed by atoms with E-state index < -0.39 is 29.0 Å². The molecule has 0 bridgehead atoms. The summed E-state index contributed by atoms with van der Waals surface area (Å²) < 4.78 is 26.1. The molecule has 0 radical (unpaired) electrons. The highest BCUT2D eigenvalue weighted by molar-refractivity contribution is 6.21. The summed E-state index contributed by atoms with van der Waals surface area (Å²) in [6.07, 6.45) is 0. The van der Waals surface area contributed by atoms with E-state index in [1.165, 1.54) is 0 Å². The normalized spacial score (nSPS) is 15.3. The molecule has 1 aliphatic heterocycles. The Labute approximate surface area is 102 Å². The molecule has 6 heteroatoms. The SMILES string of the molecule is CC(C)(N)CN1C(=O)c2cc(F)c(F)cc2C1=O. The molecule has 0 saturated carbocycles. The maximum atomic E-state index is 13.1. The number of benzene rings is 1. The van der Waals surface area contributed by atoms with Crippen LogP contribution in [0.1, 0.15) is 34.6 Å². The van der Waals surface area contributed by atoms with Crippen molar-refractivity contribution in [3.63, 3.8) is 0 Å². The van der Waals surface area contributed by atoms with Crippen LogP contribution in [-0.4, -0.2) is 28.8 Å². The van der Waals surface area contributed by atoms with Crippen LogP contribution in [0.3, 0.4) is 0 Å². The molecule has 18 heavy (non-hydrogen) atoms. The first-order valence-electron chi connectivity index (χ1n) is 5.35. The summed E-state index contributed by atoms with van der Waals surface area (Å²) in [5, 5.41) is 0. The Hall–Kier alpha value is -1.82. The molecule has 0 unspecified atom stereocenters. The summed E-state index contributed by atoms with van der Waals surface area (Å²) in [6, 6.07) is 1.49. The number of halogens is 2. The van der Waals surface area contributed by atoms with E-state index in [1.807, 2.05) is 0 Å². The van der Waals surface area contributed by atoms with Crippen molar-refractivity contribution in [2.24, 2.45) is 5.73 Å². The maximum absolute atomic E-state index is 13.1. The Morgan fingerprint density at radius 1 is 1.11 bits per heavy atom. The van der Waals surface area contributed by atoms with Gasteiger partial charge in [0.15, 0.2) is 11.6 Å². The van der Waals surface area contributed by atoms with Gasteiger partial charge in [0.1, 0.15) is 0 Å². The zero-order valence-corrected chi connectivity index (χ0v) is 9.96. The van der Waals surface area contributed by atoms with Crippen molar-refractivity contribution in [2.45, 2.75) is 19.4 Å². The van der Waals surface area contributed by atoms with E-state index in [-0.39, 0.29) is 17.7 Å². The molecule has 0 aromatic heterocycles. The lowest BCUT2D eigenvalue weighted by Gasteiger charge is -2.24. The van der Waals surface area contributed by atoms with E-state index in [0.717, 1.165) is 17.0 Å². The monoisotopic (exact) mass is 254 g/mol. The summed E-state index contributed by atoms with van der Waals surface area (Å²) in [4.78, 5) is 24.7. The predicted molar refractivity (Wildman–Crippen MR) is 60.0 cm³/mol. The summed E-state index contributed by atoms with van der Waals surface area (Å²) in [5.41, 5.74) is 4.72. The van der Waals surface area contributed by atoms with Crippen molar-refractivity contribution in [1.82, 2.24) is 4.90 Å². The number of hydrogen-bond acceptors (Lipinski definition) is 3. The fourth-order valence-corrected chi connectivity index (χ4v) is 1.83. The van der Waals surface area contributed by atoms with Gasteiger partial charge in [0.25, 0.3) is 11.8 Å². The number of fused-ring (bicyclic) bond motifs is 1. The van der Waals surface area contributed by atoms with Gasteiger partial charge in [0.2, 0.25) is 0 Å². The van der Waals surface area contributed by atoms with E-state index in [0.29, 0.717) is 0 Å². The zero-order chi connectivity index (χ0) is 13.7. The number of nitrogens with zero attached hydrogens (tertiary/aromatic N) is 1. The molecule has 0 spiro atoms. The molecule has 2 rings (SSSR count). The second-order valence-electron chi connectivity index (χ2n) is 5.00. The highest BCUT2D eigenvalue weighted by Gasteiger charge is 2.38. The minimum Gasteiger partial charge on any atom is -0.324 e. The third kappa shape index (κ3) is 1.99. The first kappa shape index (κ1) is 12.6. The van der Waals surface area contributed by atoms with Crippen LogP contribution in [0.15, 0.2) is 12.1 Å². The lowest BCUT2D eigenvalue weighted by Crippen LogP contribution is -2.47. The van der Waals surface area contributed by atoms with Gasteiger partial charge in [0, 0.05) is 12.1 Å². The number of hydrogen-bond donors (Lipinski definition) is 1. The van der Waals surface area contributed by atoms with Crippen LogP contribution >= 0.6 is 0 Å². The average molecular weight is 254 g/mol. The Balaban J connectivity index is 2.44. The maximum Gasteiger partial charge on any atom is 0.261 e. The summed E-state index contributed by atoms with van der Waals surface area (Å²) in [6.45, 7) is 3.29. The van der Waals surface area contributed by atoms with Crippen LogP contribution in [0.2, 0.25) is 0 Å². The van der Waals surface area contributed by atoms with Crippen molar-refractivity contribution < 1.29 is 18.4 Å². The van der Waals surface area contributed by atoms with Crippen LogP contribution in [-0.2, 0) is 0 Å². The van der Waals surface area contributed by atoms with Crippen molar-refractivity contribution in [3.8, 4) is 0 Å². The zero-order valence-electron chi connectivity index (χ0n) is 9.96. The van der Waals surface area contributed by atoms with Crippen LogP contribution in [0.4, 0.5) is 8.78 Å². The number of amides is 2. The van der Waals surface area contributed by atoms with Crippen molar-refractivity contribution in [1.29, 1.82) is 0 Å². The second-order valence-corrected chi connectivity index (χ2v) is 5.00. The van der Waals surface area contributed by atoms with E-state index in [2.05, 4.69) is 0 Å². The van der Waals surface area contributed by atoms with E-state index in [9.17, 15) is 18.4 Å². The fraction of sp³-hybridized carbons (Fsp3) is 0.333. The molecule has 4 nitrogen and oxygen atoms in total. The molecule has 0 aliphatic carbocycles. The van der Waals surface area contributed by atoms with Gasteiger partial charge in [-0.25, -0.2) is 8.78 Å². The number of nitrogens with two attached hydrogens (primary N) is 1. The van der Waals surface area contributed by atoms with Crippen LogP contribution in [0.25, 0.3) is 0 Å². The van der Waals surface area contributed by atoms with E-state index in [4.69, 9.17) is 5.73 Å². The van der Waals surface area contributed by atoms with Crippen molar-refractivity contribution >= 4 is 11.8 Å². The molecule has 0 saturated heterocycles. The average Bonchev–Trinajstić information content (AvgIpc) is 2.44. The largest absolute Gasteiger partial charge is 0.324 e.